The predicted octanol–water partition coefficient (Wildman–Crippen LogP) is 14.0. The second kappa shape index (κ2) is 10.8. The second-order valence-corrected chi connectivity index (χ2v) is 18.0. The molecule has 2 heteroatoms. The number of furan rings is 1. The van der Waals surface area contributed by atoms with Crippen LogP contribution in [0.3, 0.4) is 0 Å². The van der Waals surface area contributed by atoms with Gasteiger partial charge in [-0.1, -0.05) is 98.1 Å². The molecule has 7 aromatic rings. The highest BCUT2D eigenvalue weighted by Crippen LogP contribution is 2.69. The first-order valence-corrected chi connectivity index (χ1v) is 20.9. The van der Waals surface area contributed by atoms with Crippen LogP contribution in [0.2, 0.25) is 0 Å². The fourth-order valence-corrected chi connectivity index (χ4v) is 13.9. The van der Waals surface area contributed by atoms with Crippen LogP contribution in [-0.2, 0) is 10.8 Å². The van der Waals surface area contributed by atoms with Crippen LogP contribution in [0.4, 0.5) is 17.1 Å². The Labute approximate surface area is 317 Å². The van der Waals surface area contributed by atoms with Crippen LogP contribution in [0.15, 0.2) is 132 Å². The maximum Gasteiger partial charge on any atom is 0.135 e. The van der Waals surface area contributed by atoms with Gasteiger partial charge in [0, 0.05) is 38.7 Å². The molecule has 54 heavy (non-hydrogen) atoms. The molecule has 0 unspecified atom stereocenters. The summed E-state index contributed by atoms with van der Waals surface area (Å²) < 4.78 is 6.35. The van der Waals surface area contributed by atoms with Gasteiger partial charge >= 0.3 is 0 Å². The molecule has 1 aromatic heterocycles. The van der Waals surface area contributed by atoms with Crippen LogP contribution in [0.1, 0.15) is 86.5 Å². The van der Waals surface area contributed by atoms with E-state index in [0.29, 0.717) is 0 Å². The van der Waals surface area contributed by atoms with Gasteiger partial charge in [0.25, 0.3) is 0 Å². The van der Waals surface area contributed by atoms with Gasteiger partial charge in [-0.05, 0) is 162 Å². The zero-order valence-corrected chi connectivity index (χ0v) is 30.9. The summed E-state index contributed by atoms with van der Waals surface area (Å²) in [4.78, 5) is 2.54. The Morgan fingerprint density at radius 1 is 0.444 bits per heavy atom. The molecule has 2 spiro atoms. The SMILES string of the molecule is c1ccc2c(c1)-c1cc(N(c3ccc4c(c3)-c3ccccc3C43C4CC5CC(C4)CC3C5)c3ccc4oc5ccccc5c4c3)ccc1C21CCCCC1. The van der Waals surface area contributed by atoms with Crippen molar-refractivity contribution in [2.75, 3.05) is 4.90 Å². The number of benzene rings is 6. The van der Waals surface area contributed by atoms with E-state index in [0.717, 1.165) is 34.8 Å². The number of fused-ring (bicyclic) bond motifs is 11. The summed E-state index contributed by atoms with van der Waals surface area (Å²) in [6.07, 6.45) is 13.6. The largest absolute Gasteiger partial charge is 0.456 e. The molecule has 0 aliphatic heterocycles. The monoisotopic (exact) mass is 699 g/mol. The smallest absolute Gasteiger partial charge is 0.135 e. The molecule has 1 heterocycles. The van der Waals surface area contributed by atoms with Gasteiger partial charge in [-0.15, -0.1) is 0 Å². The van der Waals surface area contributed by atoms with Gasteiger partial charge in [-0.3, -0.25) is 0 Å². The lowest BCUT2D eigenvalue weighted by Gasteiger charge is -2.61. The standard InChI is InChI=1S/C52H45NO/c1-8-22-51(23-9-1)45-13-5-2-10-39(45)42-29-36(16-19-46(42)51)53(38-18-21-50-44(31-38)41-12-4-7-15-49(41)54-50)37-17-20-48-43(30-37)40-11-3-6-14-47(40)52(48)34-25-32-24-33(27-34)28-35(52)26-32/h2-7,10-21,29-35H,1,8-9,22-28H2. The zero-order chi connectivity index (χ0) is 35.2. The van der Waals surface area contributed by atoms with E-state index in [9.17, 15) is 0 Å². The minimum absolute atomic E-state index is 0.145. The summed E-state index contributed by atoms with van der Waals surface area (Å²) in [5.41, 5.74) is 17.9. The normalized spacial score (nSPS) is 26.4. The lowest BCUT2D eigenvalue weighted by atomic mass is 9.43. The molecular weight excluding hydrogens is 655 g/mol. The van der Waals surface area contributed by atoms with Crippen LogP contribution >= 0.6 is 0 Å². The number of rotatable bonds is 3. The molecule has 0 atom stereocenters. The number of anilines is 3. The van der Waals surface area contributed by atoms with Crippen molar-refractivity contribution in [2.24, 2.45) is 23.7 Å². The van der Waals surface area contributed by atoms with E-state index in [1.807, 2.05) is 0 Å². The van der Waals surface area contributed by atoms with Crippen molar-refractivity contribution in [3.05, 3.63) is 150 Å². The van der Waals surface area contributed by atoms with Crippen LogP contribution in [-0.4, -0.2) is 0 Å². The maximum atomic E-state index is 6.35. The van der Waals surface area contributed by atoms with Gasteiger partial charge in [0.15, 0.2) is 0 Å². The summed E-state index contributed by atoms with van der Waals surface area (Å²) >= 11 is 0. The van der Waals surface area contributed by atoms with E-state index in [1.54, 1.807) is 16.7 Å². The Bertz CT molecular complexity index is 2660. The molecular formula is C52H45NO. The van der Waals surface area contributed by atoms with Crippen molar-refractivity contribution in [3.8, 4) is 22.3 Å². The van der Waals surface area contributed by atoms with E-state index in [-0.39, 0.29) is 10.8 Å². The Morgan fingerprint density at radius 3 is 1.74 bits per heavy atom. The molecule has 0 saturated heterocycles. The predicted molar refractivity (Wildman–Crippen MR) is 221 cm³/mol. The van der Waals surface area contributed by atoms with E-state index in [2.05, 4.69) is 132 Å². The van der Waals surface area contributed by atoms with Crippen LogP contribution in [0, 0.1) is 23.7 Å². The molecule has 7 aliphatic rings. The molecule has 264 valence electrons. The Hall–Kier alpha value is -5.08. The highest BCUT2D eigenvalue weighted by atomic mass is 16.3. The average Bonchev–Trinajstić information content (AvgIpc) is 3.82. The molecule has 2 nitrogen and oxygen atoms in total. The summed E-state index contributed by atoms with van der Waals surface area (Å²) in [7, 11) is 0. The third-order valence-electron chi connectivity index (χ3n) is 15.6. The Kier molecular flexibility index (Phi) is 6.04. The number of para-hydroxylation sites is 1. The summed E-state index contributed by atoms with van der Waals surface area (Å²) in [5.74, 6) is 3.41. The van der Waals surface area contributed by atoms with E-state index < -0.39 is 0 Å². The first-order chi connectivity index (χ1) is 26.7. The average molecular weight is 700 g/mol. The fourth-order valence-electron chi connectivity index (χ4n) is 13.9. The zero-order valence-electron chi connectivity index (χ0n) is 30.9. The molecule has 5 fully saturated rings. The first-order valence-electron chi connectivity index (χ1n) is 20.9. The number of nitrogens with zero attached hydrogens (tertiary/aromatic N) is 1. The molecule has 4 bridgehead atoms. The molecule has 14 rings (SSSR count). The lowest BCUT2D eigenvalue weighted by molar-refractivity contribution is -0.0399. The summed E-state index contributed by atoms with van der Waals surface area (Å²) in [6.45, 7) is 0. The van der Waals surface area contributed by atoms with Crippen LogP contribution in [0.25, 0.3) is 44.2 Å². The molecule has 0 amide bonds. The molecule has 5 saturated carbocycles. The minimum Gasteiger partial charge on any atom is -0.456 e. The maximum absolute atomic E-state index is 6.35. The van der Waals surface area contributed by atoms with Crippen molar-refractivity contribution in [1.29, 1.82) is 0 Å². The van der Waals surface area contributed by atoms with E-state index in [4.69, 9.17) is 4.42 Å². The van der Waals surface area contributed by atoms with Crippen molar-refractivity contribution in [1.82, 2.24) is 0 Å². The van der Waals surface area contributed by atoms with Gasteiger partial charge in [-0.2, -0.15) is 0 Å². The summed E-state index contributed by atoms with van der Waals surface area (Å²) in [6, 6.07) is 49.2. The Balaban J connectivity index is 1.03. The highest BCUT2D eigenvalue weighted by Gasteiger charge is 2.61. The third-order valence-corrected chi connectivity index (χ3v) is 15.6. The molecule has 0 radical (unpaired) electrons. The lowest BCUT2D eigenvalue weighted by Crippen LogP contribution is -2.55. The third kappa shape index (κ3) is 3.82. The molecule has 7 aliphatic carbocycles. The van der Waals surface area contributed by atoms with Crippen LogP contribution in [0.5, 0.6) is 0 Å². The Morgan fingerprint density at radius 2 is 0.981 bits per heavy atom. The topological polar surface area (TPSA) is 16.4 Å². The van der Waals surface area contributed by atoms with Gasteiger partial charge in [0.05, 0.1) is 0 Å². The van der Waals surface area contributed by atoms with Crippen molar-refractivity contribution in [2.45, 2.75) is 75.0 Å². The quantitative estimate of drug-likeness (QED) is 0.183. The minimum atomic E-state index is 0.145. The van der Waals surface area contributed by atoms with E-state index >= 15 is 0 Å². The van der Waals surface area contributed by atoms with Gasteiger partial charge in [-0.25, -0.2) is 0 Å². The van der Waals surface area contributed by atoms with Gasteiger partial charge in [0.2, 0.25) is 0 Å². The summed E-state index contributed by atoms with van der Waals surface area (Å²) in [5, 5.41) is 2.34. The van der Waals surface area contributed by atoms with Crippen LogP contribution < -0.4 is 4.90 Å². The van der Waals surface area contributed by atoms with Gasteiger partial charge < -0.3 is 9.32 Å². The van der Waals surface area contributed by atoms with Crippen molar-refractivity contribution in [3.63, 3.8) is 0 Å². The van der Waals surface area contributed by atoms with Crippen molar-refractivity contribution >= 4 is 39.0 Å². The fraction of sp³-hybridized carbons (Fsp3) is 0.308. The van der Waals surface area contributed by atoms with Gasteiger partial charge in [0.1, 0.15) is 11.2 Å². The van der Waals surface area contributed by atoms with E-state index in [1.165, 1.54) is 120 Å². The first kappa shape index (κ1) is 30.3. The highest BCUT2D eigenvalue weighted by molar-refractivity contribution is 6.06. The number of hydrogen-bond acceptors (Lipinski definition) is 2. The molecule has 0 N–H and O–H groups in total. The van der Waals surface area contributed by atoms with Crippen molar-refractivity contribution < 1.29 is 4.42 Å². The number of hydrogen-bond donors (Lipinski definition) is 0. The second-order valence-electron chi connectivity index (χ2n) is 18.0. The molecule has 6 aromatic carbocycles.